The molecule has 0 fully saturated rings. The summed E-state index contributed by atoms with van der Waals surface area (Å²) < 4.78 is 0. The lowest BCUT2D eigenvalue weighted by atomic mass is 10.2. The van der Waals surface area contributed by atoms with Gasteiger partial charge in [-0.1, -0.05) is 41.9 Å². The van der Waals surface area contributed by atoms with Crippen molar-refractivity contribution in [2.24, 2.45) is 4.99 Å². The number of aliphatic imine (C=N–C) groups is 1. The fourth-order valence-corrected chi connectivity index (χ4v) is 2.67. The van der Waals surface area contributed by atoms with Crippen LogP contribution in [0.5, 0.6) is 0 Å². The highest BCUT2D eigenvalue weighted by Crippen LogP contribution is 2.17. The standard InChI is InChI=1S/C20H24ClN5O3/c1-24(2)19(27)13-23-20(25(3)14-16-6-4-5-7-18(16)21)22-12-15-8-10-17(11-9-15)26(28)29/h4-11H,12-14H2,1-3H3,(H,22,23). The molecular formula is C20H24ClN5O3. The molecule has 0 bridgehead atoms. The maximum Gasteiger partial charge on any atom is 0.269 e. The van der Waals surface area contributed by atoms with Gasteiger partial charge in [0.15, 0.2) is 5.96 Å². The molecule has 2 rings (SSSR count). The van der Waals surface area contributed by atoms with E-state index >= 15 is 0 Å². The summed E-state index contributed by atoms with van der Waals surface area (Å²) in [7, 11) is 5.22. The van der Waals surface area contributed by atoms with Crippen LogP contribution in [-0.2, 0) is 17.9 Å². The van der Waals surface area contributed by atoms with E-state index in [1.807, 2.05) is 36.2 Å². The summed E-state index contributed by atoms with van der Waals surface area (Å²) in [6.07, 6.45) is 0. The highest BCUT2D eigenvalue weighted by atomic mass is 35.5. The largest absolute Gasteiger partial charge is 0.347 e. The number of likely N-dealkylation sites (N-methyl/N-ethyl adjacent to an activating group) is 1. The maximum absolute atomic E-state index is 12.0. The van der Waals surface area contributed by atoms with Crippen molar-refractivity contribution in [3.63, 3.8) is 0 Å². The Bertz CT molecular complexity index is 884. The van der Waals surface area contributed by atoms with Crippen LogP contribution in [0.25, 0.3) is 0 Å². The molecule has 0 aliphatic carbocycles. The predicted octanol–water partition coefficient (Wildman–Crippen LogP) is 2.91. The Morgan fingerprint density at radius 3 is 2.38 bits per heavy atom. The molecule has 1 N–H and O–H groups in total. The SMILES string of the molecule is CN(C)C(=O)CNC(=NCc1ccc([N+](=O)[O-])cc1)N(C)Cc1ccccc1Cl. The number of benzene rings is 2. The first kappa shape index (κ1) is 22.2. The number of nitro groups is 1. The minimum Gasteiger partial charge on any atom is -0.347 e. The Morgan fingerprint density at radius 1 is 1.14 bits per heavy atom. The van der Waals surface area contributed by atoms with Crippen molar-refractivity contribution in [2.75, 3.05) is 27.7 Å². The second kappa shape index (κ2) is 10.4. The summed E-state index contributed by atoms with van der Waals surface area (Å²) in [6.45, 7) is 0.907. The number of guanidine groups is 1. The molecule has 0 aliphatic heterocycles. The predicted molar refractivity (Wildman–Crippen MR) is 114 cm³/mol. The molecule has 0 unspecified atom stereocenters. The number of carbonyl (C=O) groups is 1. The molecule has 0 aromatic heterocycles. The Kier molecular flexibility index (Phi) is 7.97. The van der Waals surface area contributed by atoms with Gasteiger partial charge in [-0.25, -0.2) is 4.99 Å². The second-order valence-electron chi connectivity index (χ2n) is 6.65. The number of nitro benzene ring substituents is 1. The van der Waals surface area contributed by atoms with Crippen LogP contribution >= 0.6 is 11.6 Å². The minimum absolute atomic E-state index is 0.0310. The average Bonchev–Trinajstić information content (AvgIpc) is 2.69. The second-order valence-corrected chi connectivity index (χ2v) is 7.06. The molecule has 0 atom stereocenters. The number of carbonyl (C=O) groups excluding carboxylic acids is 1. The average molecular weight is 418 g/mol. The molecular weight excluding hydrogens is 394 g/mol. The van der Waals surface area contributed by atoms with E-state index in [0.29, 0.717) is 24.1 Å². The number of nitrogens with one attached hydrogen (secondary N) is 1. The highest BCUT2D eigenvalue weighted by Gasteiger charge is 2.12. The summed E-state index contributed by atoms with van der Waals surface area (Å²) in [6, 6.07) is 13.7. The van der Waals surface area contributed by atoms with Gasteiger partial charge in [0.2, 0.25) is 5.91 Å². The first-order chi connectivity index (χ1) is 13.8. The Balaban J connectivity index is 2.16. The molecule has 0 saturated heterocycles. The molecule has 9 heteroatoms. The third kappa shape index (κ3) is 6.76. The van der Waals surface area contributed by atoms with Gasteiger partial charge in [-0.2, -0.15) is 0 Å². The fourth-order valence-electron chi connectivity index (χ4n) is 2.47. The van der Waals surface area contributed by atoms with E-state index < -0.39 is 4.92 Å². The van der Waals surface area contributed by atoms with Gasteiger partial charge in [0.25, 0.3) is 5.69 Å². The van der Waals surface area contributed by atoms with Crippen molar-refractivity contribution in [2.45, 2.75) is 13.1 Å². The van der Waals surface area contributed by atoms with Crippen molar-refractivity contribution < 1.29 is 9.72 Å². The van der Waals surface area contributed by atoms with E-state index in [-0.39, 0.29) is 18.1 Å². The van der Waals surface area contributed by atoms with Gasteiger partial charge in [0, 0.05) is 44.8 Å². The smallest absolute Gasteiger partial charge is 0.269 e. The van der Waals surface area contributed by atoms with Gasteiger partial charge in [-0.05, 0) is 17.2 Å². The molecule has 1 amide bonds. The number of non-ortho nitro benzene ring substituents is 1. The summed E-state index contributed by atoms with van der Waals surface area (Å²) in [4.78, 5) is 30.2. The molecule has 29 heavy (non-hydrogen) atoms. The quantitative estimate of drug-likeness (QED) is 0.323. The van der Waals surface area contributed by atoms with Crippen molar-refractivity contribution >= 4 is 29.2 Å². The van der Waals surface area contributed by atoms with Crippen molar-refractivity contribution in [3.8, 4) is 0 Å². The monoisotopic (exact) mass is 417 g/mol. The number of hydrogen-bond acceptors (Lipinski definition) is 4. The lowest BCUT2D eigenvalue weighted by Crippen LogP contribution is -2.43. The maximum atomic E-state index is 12.0. The molecule has 0 aliphatic rings. The zero-order valence-corrected chi connectivity index (χ0v) is 17.4. The summed E-state index contributed by atoms with van der Waals surface area (Å²) in [5.41, 5.74) is 1.78. The van der Waals surface area contributed by atoms with Gasteiger partial charge in [-0.3, -0.25) is 14.9 Å². The molecule has 2 aromatic carbocycles. The van der Waals surface area contributed by atoms with Crippen molar-refractivity contribution in [1.29, 1.82) is 0 Å². The molecule has 8 nitrogen and oxygen atoms in total. The number of rotatable bonds is 7. The minimum atomic E-state index is -0.440. The van der Waals surface area contributed by atoms with E-state index in [0.717, 1.165) is 11.1 Å². The summed E-state index contributed by atoms with van der Waals surface area (Å²) >= 11 is 6.25. The van der Waals surface area contributed by atoms with Crippen LogP contribution in [0.1, 0.15) is 11.1 Å². The van der Waals surface area contributed by atoms with E-state index in [9.17, 15) is 14.9 Å². The number of nitrogens with zero attached hydrogens (tertiary/aromatic N) is 4. The molecule has 0 spiro atoms. The topological polar surface area (TPSA) is 91.1 Å². The van der Waals surface area contributed by atoms with Gasteiger partial charge in [0.05, 0.1) is 18.0 Å². The third-order valence-corrected chi connectivity index (χ3v) is 4.55. The van der Waals surface area contributed by atoms with Crippen LogP contribution in [0.2, 0.25) is 5.02 Å². The molecule has 0 saturated carbocycles. The van der Waals surface area contributed by atoms with Crippen LogP contribution in [0, 0.1) is 10.1 Å². The number of hydrogen-bond donors (Lipinski definition) is 1. The first-order valence-electron chi connectivity index (χ1n) is 8.94. The number of amides is 1. The lowest BCUT2D eigenvalue weighted by Gasteiger charge is -2.23. The van der Waals surface area contributed by atoms with Gasteiger partial charge >= 0.3 is 0 Å². The lowest BCUT2D eigenvalue weighted by molar-refractivity contribution is -0.384. The first-order valence-corrected chi connectivity index (χ1v) is 9.32. The van der Waals surface area contributed by atoms with E-state index in [4.69, 9.17) is 11.6 Å². The van der Waals surface area contributed by atoms with Crippen molar-refractivity contribution in [3.05, 3.63) is 74.8 Å². The molecule has 0 heterocycles. The zero-order chi connectivity index (χ0) is 21.4. The van der Waals surface area contributed by atoms with Gasteiger partial charge in [-0.15, -0.1) is 0 Å². The molecule has 154 valence electrons. The van der Waals surface area contributed by atoms with E-state index in [2.05, 4.69) is 10.3 Å². The fraction of sp³-hybridized carbons (Fsp3) is 0.300. The zero-order valence-electron chi connectivity index (χ0n) is 16.6. The van der Waals surface area contributed by atoms with Crippen LogP contribution in [0.15, 0.2) is 53.5 Å². The van der Waals surface area contributed by atoms with Crippen molar-refractivity contribution in [1.82, 2.24) is 15.1 Å². The van der Waals surface area contributed by atoms with Gasteiger partial charge in [0.1, 0.15) is 0 Å². The van der Waals surface area contributed by atoms with Crippen LogP contribution in [0.4, 0.5) is 5.69 Å². The third-order valence-electron chi connectivity index (χ3n) is 4.18. The van der Waals surface area contributed by atoms with Crippen LogP contribution < -0.4 is 5.32 Å². The van der Waals surface area contributed by atoms with Gasteiger partial charge < -0.3 is 15.1 Å². The van der Waals surface area contributed by atoms with E-state index in [1.165, 1.54) is 17.0 Å². The Hall–Kier alpha value is -3.13. The molecule has 0 radical (unpaired) electrons. The number of halogens is 1. The normalized spacial score (nSPS) is 11.1. The molecule has 2 aromatic rings. The summed E-state index contributed by atoms with van der Waals surface area (Å²) in [5.74, 6) is 0.442. The van der Waals surface area contributed by atoms with E-state index in [1.54, 1.807) is 26.2 Å². The summed E-state index contributed by atoms with van der Waals surface area (Å²) in [5, 5.41) is 14.5. The van der Waals surface area contributed by atoms with Crippen LogP contribution in [0.3, 0.4) is 0 Å². The Morgan fingerprint density at radius 2 is 1.79 bits per heavy atom. The Labute approximate surface area is 174 Å². The highest BCUT2D eigenvalue weighted by molar-refractivity contribution is 6.31. The van der Waals surface area contributed by atoms with Crippen LogP contribution in [-0.4, -0.2) is 54.3 Å².